The maximum Gasteiger partial charge on any atom is 0.247 e. The third kappa shape index (κ3) is 4.69. The van der Waals surface area contributed by atoms with Gasteiger partial charge in [0.25, 0.3) is 0 Å². The van der Waals surface area contributed by atoms with Crippen molar-refractivity contribution in [3.63, 3.8) is 0 Å². The number of amides is 2. The standard InChI is InChI=1S/C19H25ClN2O4/c1-4-10-26-18-14(20)11-13(12-16(18)25-3)6-7-17(23)22-9-8-21-19(24)15(22)5-2/h6-7,11-12,15H,4-5,8-10H2,1-3H3,(H,21,24)/b7-6+. The lowest BCUT2D eigenvalue weighted by molar-refractivity contribution is -0.140. The molecule has 1 fully saturated rings. The predicted octanol–water partition coefficient (Wildman–Crippen LogP) is 2.89. The van der Waals surface area contributed by atoms with Crippen LogP contribution in [0.2, 0.25) is 5.02 Å². The molecule has 1 heterocycles. The Morgan fingerprint density at radius 1 is 1.42 bits per heavy atom. The summed E-state index contributed by atoms with van der Waals surface area (Å²) in [5.74, 6) is 0.704. The predicted molar refractivity (Wildman–Crippen MR) is 102 cm³/mol. The average Bonchev–Trinajstić information content (AvgIpc) is 2.64. The van der Waals surface area contributed by atoms with E-state index in [0.29, 0.717) is 42.6 Å². The Morgan fingerprint density at radius 3 is 2.85 bits per heavy atom. The smallest absolute Gasteiger partial charge is 0.247 e. The van der Waals surface area contributed by atoms with E-state index in [0.717, 1.165) is 12.0 Å². The second-order valence-electron chi connectivity index (χ2n) is 5.96. The molecule has 1 aliphatic rings. The zero-order chi connectivity index (χ0) is 19.1. The minimum absolute atomic E-state index is 0.109. The third-order valence-corrected chi connectivity index (χ3v) is 4.40. The molecule has 0 bridgehead atoms. The number of benzene rings is 1. The number of nitrogens with one attached hydrogen (secondary N) is 1. The largest absolute Gasteiger partial charge is 0.493 e. The van der Waals surface area contributed by atoms with Gasteiger partial charge in [0.2, 0.25) is 11.8 Å². The molecule has 0 spiro atoms. The molecule has 1 aromatic rings. The Labute approximate surface area is 159 Å². The number of hydrogen-bond donors (Lipinski definition) is 1. The van der Waals surface area contributed by atoms with Gasteiger partial charge in [0.05, 0.1) is 18.7 Å². The first-order valence-electron chi connectivity index (χ1n) is 8.78. The number of rotatable bonds is 7. The molecule has 26 heavy (non-hydrogen) atoms. The van der Waals surface area contributed by atoms with Gasteiger partial charge in [-0.2, -0.15) is 0 Å². The lowest BCUT2D eigenvalue weighted by Gasteiger charge is -2.33. The highest BCUT2D eigenvalue weighted by molar-refractivity contribution is 6.32. The van der Waals surface area contributed by atoms with Crippen molar-refractivity contribution < 1.29 is 19.1 Å². The van der Waals surface area contributed by atoms with Crippen LogP contribution in [0, 0.1) is 0 Å². The van der Waals surface area contributed by atoms with Crippen LogP contribution >= 0.6 is 11.6 Å². The number of carbonyl (C=O) groups excluding carboxylic acids is 2. The molecule has 2 rings (SSSR count). The Hall–Kier alpha value is -2.21. The van der Waals surface area contributed by atoms with Crippen molar-refractivity contribution in [1.82, 2.24) is 10.2 Å². The summed E-state index contributed by atoms with van der Waals surface area (Å²) in [6.07, 6.45) is 4.56. The SMILES string of the molecule is CCCOc1c(Cl)cc(/C=C/C(=O)N2CCNC(=O)C2CC)cc1OC. The van der Waals surface area contributed by atoms with Crippen LogP contribution in [0.5, 0.6) is 11.5 Å². The van der Waals surface area contributed by atoms with E-state index < -0.39 is 6.04 Å². The molecule has 1 unspecified atom stereocenters. The number of ether oxygens (including phenoxy) is 2. The Kier molecular flexibility index (Phi) is 7.33. The molecule has 1 N–H and O–H groups in total. The highest BCUT2D eigenvalue weighted by atomic mass is 35.5. The van der Waals surface area contributed by atoms with E-state index in [1.165, 1.54) is 6.08 Å². The van der Waals surface area contributed by atoms with Crippen LogP contribution in [0.3, 0.4) is 0 Å². The molecule has 6 nitrogen and oxygen atoms in total. The van der Waals surface area contributed by atoms with Crippen molar-refractivity contribution in [2.45, 2.75) is 32.7 Å². The van der Waals surface area contributed by atoms with E-state index in [-0.39, 0.29) is 11.8 Å². The van der Waals surface area contributed by atoms with Gasteiger partial charge in [-0.25, -0.2) is 0 Å². The molecule has 1 atom stereocenters. The molecular formula is C19H25ClN2O4. The van der Waals surface area contributed by atoms with Crippen LogP contribution in [0.1, 0.15) is 32.3 Å². The van der Waals surface area contributed by atoms with Crippen molar-refractivity contribution in [3.8, 4) is 11.5 Å². The van der Waals surface area contributed by atoms with Gasteiger partial charge in [0.1, 0.15) is 6.04 Å². The van der Waals surface area contributed by atoms with Crippen molar-refractivity contribution in [2.24, 2.45) is 0 Å². The van der Waals surface area contributed by atoms with E-state index >= 15 is 0 Å². The Bertz CT molecular complexity index is 690. The van der Waals surface area contributed by atoms with E-state index in [9.17, 15) is 9.59 Å². The second-order valence-corrected chi connectivity index (χ2v) is 6.37. The van der Waals surface area contributed by atoms with Crippen molar-refractivity contribution in [1.29, 1.82) is 0 Å². The van der Waals surface area contributed by atoms with E-state index in [4.69, 9.17) is 21.1 Å². The molecule has 1 aromatic carbocycles. The molecule has 7 heteroatoms. The number of halogens is 1. The first kappa shape index (κ1) is 20.1. The van der Waals surface area contributed by atoms with Crippen LogP contribution < -0.4 is 14.8 Å². The Morgan fingerprint density at radius 2 is 2.19 bits per heavy atom. The van der Waals surface area contributed by atoms with E-state index in [1.54, 1.807) is 30.2 Å². The van der Waals surface area contributed by atoms with Crippen LogP contribution in [0.15, 0.2) is 18.2 Å². The van der Waals surface area contributed by atoms with E-state index in [1.807, 2.05) is 13.8 Å². The molecule has 0 aromatic heterocycles. The van der Waals surface area contributed by atoms with Crippen molar-refractivity contribution in [2.75, 3.05) is 26.8 Å². The van der Waals surface area contributed by atoms with Crippen LogP contribution in [-0.4, -0.2) is 49.6 Å². The van der Waals surface area contributed by atoms with Gasteiger partial charge < -0.3 is 19.7 Å². The maximum atomic E-state index is 12.5. The van der Waals surface area contributed by atoms with Gasteiger partial charge in [-0.1, -0.05) is 25.4 Å². The minimum Gasteiger partial charge on any atom is -0.493 e. The lowest BCUT2D eigenvalue weighted by Crippen LogP contribution is -2.56. The van der Waals surface area contributed by atoms with Crippen LogP contribution in [0.25, 0.3) is 6.08 Å². The van der Waals surface area contributed by atoms with Crippen molar-refractivity contribution >= 4 is 29.5 Å². The number of hydrogen-bond acceptors (Lipinski definition) is 4. The van der Waals surface area contributed by atoms with Crippen molar-refractivity contribution in [3.05, 3.63) is 28.8 Å². The zero-order valence-electron chi connectivity index (χ0n) is 15.4. The number of nitrogens with zero attached hydrogens (tertiary/aromatic N) is 1. The van der Waals surface area contributed by atoms with Gasteiger partial charge in [-0.05, 0) is 36.6 Å². The molecule has 0 saturated carbocycles. The summed E-state index contributed by atoms with van der Waals surface area (Å²) in [5, 5.41) is 3.21. The van der Waals surface area contributed by atoms with Gasteiger partial charge in [0.15, 0.2) is 11.5 Å². The summed E-state index contributed by atoms with van der Waals surface area (Å²) in [7, 11) is 1.54. The van der Waals surface area contributed by atoms with E-state index in [2.05, 4.69) is 5.32 Å². The zero-order valence-corrected chi connectivity index (χ0v) is 16.1. The van der Waals surface area contributed by atoms with Gasteiger partial charge >= 0.3 is 0 Å². The molecule has 1 aliphatic heterocycles. The second kappa shape index (κ2) is 9.48. The van der Waals surface area contributed by atoms with Gasteiger partial charge in [-0.15, -0.1) is 0 Å². The summed E-state index contributed by atoms with van der Waals surface area (Å²) in [4.78, 5) is 26.0. The molecule has 142 valence electrons. The fourth-order valence-corrected chi connectivity index (χ4v) is 3.10. The molecule has 2 amide bonds. The number of carbonyl (C=O) groups is 2. The monoisotopic (exact) mass is 380 g/mol. The maximum absolute atomic E-state index is 12.5. The van der Waals surface area contributed by atoms with Crippen LogP contribution in [-0.2, 0) is 9.59 Å². The van der Waals surface area contributed by atoms with Gasteiger partial charge in [0, 0.05) is 19.2 Å². The highest BCUT2D eigenvalue weighted by Crippen LogP contribution is 2.36. The highest BCUT2D eigenvalue weighted by Gasteiger charge is 2.30. The number of piperazine rings is 1. The topological polar surface area (TPSA) is 67.9 Å². The fourth-order valence-electron chi connectivity index (χ4n) is 2.83. The summed E-state index contributed by atoms with van der Waals surface area (Å²) in [5.41, 5.74) is 0.721. The first-order valence-corrected chi connectivity index (χ1v) is 9.16. The normalized spacial score (nSPS) is 17.3. The summed E-state index contributed by atoms with van der Waals surface area (Å²) in [6.45, 7) is 5.41. The third-order valence-electron chi connectivity index (χ3n) is 4.12. The Balaban J connectivity index is 2.17. The lowest BCUT2D eigenvalue weighted by atomic mass is 10.1. The quantitative estimate of drug-likeness (QED) is 0.738. The minimum atomic E-state index is -0.427. The van der Waals surface area contributed by atoms with Gasteiger partial charge in [-0.3, -0.25) is 9.59 Å². The molecular weight excluding hydrogens is 356 g/mol. The summed E-state index contributed by atoms with van der Waals surface area (Å²) >= 11 is 6.29. The molecule has 1 saturated heterocycles. The first-order chi connectivity index (χ1) is 12.5. The fraction of sp³-hybridized carbons (Fsp3) is 0.474. The number of methoxy groups -OCH3 is 1. The molecule has 0 radical (unpaired) electrons. The summed E-state index contributed by atoms with van der Waals surface area (Å²) < 4.78 is 11.0. The average molecular weight is 381 g/mol. The summed E-state index contributed by atoms with van der Waals surface area (Å²) in [6, 6.07) is 3.06. The molecule has 0 aliphatic carbocycles. The van der Waals surface area contributed by atoms with Crippen LogP contribution in [0.4, 0.5) is 0 Å².